The van der Waals surface area contributed by atoms with Gasteiger partial charge in [0.15, 0.2) is 5.75 Å². The zero-order valence-electron chi connectivity index (χ0n) is 36.3. The van der Waals surface area contributed by atoms with Crippen molar-refractivity contribution in [3.63, 3.8) is 0 Å². The van der Waals surface area contributed by atoms with Gasteiger partial charge in [-0.2, -0.15) is 13.2 Å². The van der Waals surface area contributed by atoms with Crippen molar-refractivity contribution < 1.29 is 47.4 Å². The van der Waals surface area contributed by atoms with Crippen LogP contribution in [0.1, 0.15) is 131 Å². The van der Waals surface area contributed by atoms with Crippen molar-refractivity contribution in [1.29, 1.82) is 0 Å². The highest BCUT2D eigenvalue weighted by Gasteiger charge is 2.50. The van der Waals surface area contributed by atoms with Gasteiger partial charge in [-0.3, -0.25) is 24.1 Å². The number of nitrogens with zero attached hydrogens (tertiary/aromatic N) is 4. The van der Waals surface area contributed by atoms with Crippen molar-refractivity contribution in [3.05, 3.63) is 75.6 Å². The first-order valence-electron chi connectivity index (χ1n) is 21.7. The summed E-state index contributed by atoms with van der Waals surface area (Å²) in [6, 6.07) is 8.83. The Hall–Kier alpha value is -5.46. The molecule has 0 radical (unpaired) electrons. The first kappa shape index (κ1) is 46.5. The number of halogens is 3. The lowest BCUT2D eigenvalue weighted by Gasteiger charge is -2.58. The molecule has 4 amide bonds. The van der Waals surface area contributed by atoms with Gasteiger partial charge < -0.3 is 35.9 Å². The lowest BCUT2D eigenvalue weighted by molar-refractivity contribution is -0.141. The summed E-state index contributed by atoms with van der Waals surface area (Å²) in [4.78, 5) is 73.3. The Morgan fingerprint density at radius 3 is 2.38 bits per heavy atom. The number of aromatic hydroxyl groups is 1. The number of aldehydes is 1. The Labute approximate surface area is 373 Å². The van der Waals surface area contributed by atoms with Gasteiger partial charge in [0.05, 0.1) is 43.7 Å². The van der Waals surface area contributed by atoms with E-state index in [2.05, 4.69) is 37.9 Å². The van der Waals surface area contributed by atoms with Crippen LogP contribution in [0.25, 0.3) is 10.2 Å². The third-order valence-electron chi connectivity index (χ3n) is 12.7. The fraction of sp³-hybridized carbons (Fsp3) is 0.500. The topological polar surface area (TPSA) is 194 Å². The van der Waals surface area contributed by atoms with Crippen molar-refractivity contribution in [2.24, 2.45) is 11.3 Å². The van der Waals surface area contributed by atoms with Gasteiger partial charge in [-0.25, -0.2) is 9.97 Å². The first-order chi connectivity index (χ1) is 30.3. The van der Waals surface area contributed by atoms with Gasteiger partial charge in [-0.1, -0.05) is 31.4 Å². The number of aliphatic hydroxyl groups is 1. The van der Waals surface area contributed by atoms with Gasteiger partial charge in [0, 0.05) is 50.3 Å². The van der Waals surface area contributed by atoms with Crippen LogP contribution in [0.3, 0.4) is 0 Å². The number of nitrogens with one attached hydrogen (secondary N) is 3. The lowest BCUT2D eigenvalue weighted by Crippen LogP contribution is -2.60. The number of amides is 4. The largest absolute Gasteiger partial charge is 0.504 e. The molecule has 14 nitrogen and oxygen atoms in total. The maximum Gasteiger partial charge on any atom is 0.433 e. The van der Waals surface area contributed by atoms with E-state index in [1.807, 2.05) is 0 Å². The van der Waals surface area contributed by atoms with Gasteiger partial charge in [-0.05, 0) is 101 Å². The highest BCUT2D eigenvalue weighted by molar-refractivity contribution is 7.19. The third kappa shape index (κ3) is 9.78. The predicted octanol–water partition coefficient (Wildman–Crippen LogP) is 7.46. The van der Waals surface area contributed by atoms with Crippen molar-refractivity contribution in [3.8, 4) is 5.75 Å². The van der Waals surface area contributed by atoms with E-state index < -0.39 is 46.9 Å². The number of pyridine rings is 1. The molecule has 1 unspecified atom stereocenters. The number of benzene rings is 2. The Bertz CT molecular complexity index is 2430. The molecule has 2 aromatic carbocycles. The number of phenols is 1. The number of imide groups is 1. The van der Waals surface area contributed by atoms with E-state index in [-0.39, 0.29) is 35.7 Å². The minimum Gasteiger partial charge on any atom is -0.504 e. The number of rotatable bonds is 13. The Balaban J connectivity index is 0.000000192. The molecule has 0 bridgehead atoms. The molecule has 64 heavy (non-hydrogen) atoms. The van der Waals surface area contributed by atoms with Gasteiger partial charge >= 0.3 is 6.18 Å². The molecular weight excluding hydrogens is 852 g/mol. The van der Waals surface area contributed by atoms with Gasteiger partial charge in [0.1, 0.15) is 17.7 Å². The molecule has 2 saturated carbocycles. The minimum atomic E-state index is -4.70. The van der Waals surface area contributed by atoms with E-state index in [0.717, 1.165) is 66.8 Å². The molecule has 1 atom stereocenters. The summed E-state index contributed by atoms with van der Waals surface area (Å²) >= 11 is 1.33. The predicted molar refractivity (Wildman–Crippen MR) is 235 cm³/mol. The molecular formula is C46H54F3N7O7S. The molecule has 18 heteroatoms. The SMILES string of the molecule is CC(C)(O)c1cc2nc(C3CCCCC3)sc2c(O)c1NC(=O)c1cccc(C(F)(F)F)n1.CNC(=O)CCC(C=O)N1C(=O)c2cccc(NCCC3CC4(C3)CN(C)C4)c2C1=O. The summed E-state index contributed by atoms with van der Waals surface area (Å²) < 4.78 is 39.5. The summed E-state index contributed by atoms with van der Waals surface area (Å²) in [5.41, 5.74) is -0.676. The van der Waals surface area contributed by atoms with Crippen LogP contribution >= 0.6 is 11.3 Å². The quantitative estimate of drug-likeness (QED) is 0.0508. The second-order valence-electron chi connectivity index (χ2n) is 18.1. The molecule has 4 heterocycles. The average Bonchev–Trinajstić information content (AvgIpc) is 3.79. The number of thiazole rings is 1. The summed E-state index contributed by atoms with van der Waals surface area (Å²) in [6.45, 7) is 6.11. The molecule has 3 fully saturated rings. The number of hydrogen-bond donors (Lipinski definition) is 5. The minimum absolute atomic E-state index is 0.0666. The number of alkyl halides is 3. The van der Waals surface area contributed by atoms with E-state index >= 15 is 0 Å². The fourth-order valence-electron chi connectivity index (χ4n) is 9.65. The zero-order chi connectivity index (χ0) is 46.1. The number of fused-ring (bicyclic) bond motifs is 2. The lowest BCUT2D eigenvalue weighted by atomic mass is 9.57. The normalized spacial score (nSPS) is 18.2. The van der Waals surface area contributed by atoms with Crippen LogP contribution in [-0.4, -0.2) is 99.7 Å². The number of likely N-dealkylation sites (tertiary alicyclic amines) is 1. The van der Waals surface area contributed by atoms with Crippen molar-refractivity contribution >= 4 is 62.8 Å². The number of anilines is 2. The molecule has 1 spiro atoms. The highest BCUT2D eigenvalue weighted by atomic mass is 32.1. The fourth-order valence-corrected chi connectivity index (χ4v) is 10.8. The molecule has 1 saturated heterocycles. The van der Waals surface area contributed by atoms with Crippen LogP contribution in [0, 0.1) is 11.3 Å². The zero-order valence-corrected chi connectivity index (χ0v) is 37.1. The monoisotopic (exact) mass is 905 g/mol. The van der Waals surface area contributed by atoms with Gasteiger partial charge in [0.25, 0.3) is 17.7 Å². The second-order valence-corrected chi connectivity index (χ2v) is 19.1. The summed E-state index contributed by atoms with van der Waals surface area (Å²) in [6.07, 6.45) is 5.07. The van der Waals surface area contributed by atoms with E-state index in [1.54, 1.807) is 24.3 Å². The molecule has 4 aliphatic rings. The number of phenolic OH excluding ortho intramolecular Hbond substituents is 1. The van der Waals surface area contributed by atoms with Crippen LogP contribution in [0.15, 0.2) is 42.5 Å². The molecule has 4 aromatic rings. The third-order valence-corrected chi connectivity index (χ3v) is 13.9. The molecule has 2 aromatic heterocycles. The maximum absolute atomic E-state index is 13.1. The molecule has 8 rings (SSSR count). The van der Waals surface area contributed by atoms with E-state index in [1.165, 1.54) is 64.6 Å². The smallest absolute Gasteiger partial charge is 0.433 e. The van der Waals surface area contributed by atoms with Crippen molar-refractivity contribution in [1.82, 2.24) is 25.1 Å². The number of carbonyl (C=O) groups excluding carboxylic acids is 5. The maximum atomic E-state index is 13.1. The average molecular weight is 906 g/mol. The van der Waals surface area contributed by atoms with Crippen LogP contribution in [0.2, 0.25) is 0 Å². The summed E-state index contributed by atoms with van der Waals surface area (Å²) in [7, 11) is 3.66. The standard InChI is InChI=1S/C23H24F3N3O3S.C23H30N4O4/c1-22(2,32)13-11-15-19(33-21(28-15)12-7-4-3-5-8-12)18(30)17(13)29-20(31)14-9-6-10-16(27-14)23(24,25)26;1-24-19(29)7-6-16(12-28)27-21(30)17-4-3-5-18(20(17)22(27)31)25-9-8-15-10-23(11-15)13-26(2)14-23/h6,9-12,30,32H,3-5,7-8H2,1-2H3,(H,29,31);3-5,12,15-16,25H,6-11,13-14H2,1-2H3,(H,24,29). The first-order valence-corrected chi connectivity index (χ1v) is 22.5. The van der Waals surface area contributed by atoms with E-state index in [9.17, 15) is 47.4 Å². The molecule has 2 aliphatic heterocycles. The van der Waals surface area contributed by atoms with E-state index in [4.69, 9.17) is 0 Å². The van der Waals surface area contributed by atoms with E-state index in [0.29, 0.717) is 50.6 Å². The molecule has 342 valence electrons. The van der Waals surface area contributed by atoms with Crippen molar-refractivity contribution in [2.75, 3.05) is 44.4 Å². The number of aromatic nitrogens is 2. The van der Waals surface area contributed by atoms with Crippen LogP contribution in [0.4, 0.5) is 24.5 Å². The van der Waals surface area contributed by atoms with Gasteiger partial charge in [-0.15, -0.1) is 11.3 Å². The van der Waals surface area contributed by atoms with Crippen LogP contribution in [0.5, 0.6) is 5.75 Å². The number of carbonyl (C=O) groups is 5. The number of hydrogen-bond acceptors (Lipinski definition) is 12. The Morgan fingerprint density at radius 2 is 1.73 bits per heavy atom. The Morgan fingerprint density at radius 1 is 1.03 bits per heavy atom. The van der Waals surface area contributed by atoms with Crippen molar-refractivity contribution in [2.45, 2.75) is 102 Å². The highest BCUT2D eigenvalue weighted by Crippen LogP contribution is 2.52. The second kappa shape index (κ2) is 18.6. The molecule has 2 aliphatic carbocycles. The van der Waals surface area contributed by atoms with Crippen LogP contribution < -0.4 is 16.0 Å². The summed E-state index contributed by atoms with van der Waals surface area (Å²) in [5, 5.41) is 30.9. The summed E-state index contributed by atoms with van der Waals surface area (Å²) in [5.74, 6) is -1.39. The Kier molecular flexibility index (Phi) is 13.5. The molecule has 5 N–H and O–H groups in total. The van der Waals surface area contributed by atoms with Gasteiger partial charge in [0.2, 0.25) is 5.91 Å². The van der Waals surface area contributed by atoms with Crippen LogP contribution in [-0.2, 0) is 21.4 Å².